The summed E-state index contributed by atoms with van der Waals surface area (Å²) in [5.74, 6) is -0.537. The average molecular weight is 402 g/mol. The Balaban J connectivity index is 1.90. The van der Waals surface area contributed by atoms with Crippen molar-refractivity contribution >= 4 is 49.1 Å². The zero-order valence-corrected chi connectivity index (χ0v) is 15.2. The summed E-state index contributed by atoms with van der Waals surface area (Å²) >= 11 is 0.546. The van der Waals surface area contributed by atoms with Crippen LogP contribution in [0.2, 0.25) is 0 Å². The predicted octanol–water partition coefficient (Wildman–Crippen LogP) is 3.34. The van der Waals surface area contributed by atoms with Crippen LogP contribution >= 0.6 is 11.8 Å². The molecule has 3 aromatic rings. The van der Waals surface area contributed by atoms with Crippen molar-refractivity contribution < 1.29 is 22.4 Å². The maximum Gasteiger partial charge on any atom is 0.291 e. The predicted molar refractivity (Wildman–Crippen MR) is 100 cm³/mol. The fourth-order valence-electron chi connectivity index (χ4n) is 2.79. The second-order valence-corrected chi connectivity index (χ2v) is 8.48. The molecule has 1 aliphatic rings. The molecule has 9 heteroatoms. The number of benzene rings is 2. The molecular weight excluding hydrogens is 391 g/mol. The lowest BCUT2D eigenvalue weighted by Gasteiger charge is -2.07. The first kappa shape index (κ1) is 17.5. The molecule has 0 unspecified atom stereocenters. The van der Waals surface area contributed by atoms with Gasteiger partial charge in [-0.2, -0.15) is 0 Å². The topological polar surface area (TPSA) is 85.2 Å². The van der Waals surface area contributed by atoms with Crippen LogP contribution in [0.5, 0.6) is 0 Å². The number of rotatable bonds is 3. The first-order valence-electron chi connectivity index (χ1n) is 7.72. The van der Waals surface area contributed by atoms with Gasteiger partial charge >= 0.3 is 0 Å². The molecule has 1 aliphatic heterocycles. The summed E-state index contributed by atoms with van der Waals surface area (Å²) in [6.45, 7) is 0. The molecule has 2 aromatic carbocycles. The van der Waals surface area contributed by atoms with E-state index in [4.69, 9.17) is 0 Å². The van der Waals surface area contributed by atoms with Crippen molar-refractivity contribution in [1.82, 2.24) is 9.29 Å². The molecule has 1 fully saturated rings. The van der Waals surface area contributed by atoms with Gasteiger partial charge in [0.1, 0.15) is 5.82 Å². The van der Waals surface area contributed by atoms with Crippen LogP contribution in [0.4, 0.5) is 9.18 Å². The minimum absolute atomic E-state index is 0.0651. The standard InChI is InChI=1S/C18H11FN2O4S2/c19-12-5-7-13(8-6-12)27(24,25)21-10-11(14-3-1-2-4-16(14)21)9-15-17(22)26-18(23)20-15/h1-10H,(H,20,23). The van der Waals surface area contributed by atoms with Crippen molar-refractivity contribution in [2.75, 3.05) is 0 Å². The van der Waals surface area contributed by atoms with Crippen molar-refractivity contribution in [3.63, 3.8) is 0 Å². The highest BCUT2D eigenvalue weighted by molar-refractivity contribution is 8.27. The van der Waals surface area contributed by atoms with Crippen LogP contribution in [-0.4, -0.2) is 22.7 Å². The zero-order valence-electron chi connectivity index (χ0n) is 13.5. The van der Waals surface area contributed by atoms with E-state index in [2.05, 4.69) is 5.32 Å². The SMILES string of the molecule is O=C1NC(=Cc2cn(S(=O)(=O)c3ccc(F)cc3)c3ccccc23)C(=O)S1. The second-order valence-electron chi connectivity index (χ2n) is 5.72. The normalized spacial score (nSPS) is 16.3. The fraction of sp³-hybridized carbons (Fsp3) is 0. The summed E-state index contributed by atoms with van der Waals surface area (Å²) in [5.41, 5.74) is 0.952. The van der Waals surface area contributed by atoms with E-state index in [1.807, 2.05) is 0 Å². The maximum atomic E-state index is 13.2. The van der Waals surface area contributed by atoms with Crippen molar-refractivity contribution in [3.05, 3.63) is 71.8 Å². The van der Waals surface area contributed by atoms with Crippen LogP contribution in [0, 0.1) is 5.82 Å². The van der Waals surface area contributed by atoms with Crippen molar-refractivity contribution in [2.45, 2.75) is 4.90 Å². The molecule has 2 heterocycles. The number of nitrogens with zero attached hydrogens (tertiary/aromatic N) is 1. The van der Waals surface area contributed by atoms with E-state index < -0.39 is 26.2 Å². The van der Waals surface area contributed by atoms with Gasteiger partial charge in [0.2, 0.25) is 5.12 Å². The van der Waals surface area contributed by atoms with E-state index >= 15 is 0 Å². The summed E-state index contributed by atoms with van der Waals surface area (Å²) in [6, 6.07) is 11.3. The Morgan fingerprint density at radius 3 is 2.41 bits per heavy atom. The molecule has 6 nitrogen and oxygen atoms in total. The van der Waals surface area contributed by atoms with Gasteiger partial charge in [0, 0.05) is 28.9 Å². The molecule has 27 heavy (non-hydrogen) atoms. The van der Waals surface area contributed by atoms with Crippen LogP contribution in [0.3, 0.4) is 0 Å². The van der Waals surface area contributed by atoms with Crippen molar-refractivity contribution in [3.8, 4) is 0 Å². The Morgan fingerprint density at radius 1 is 1.04 bits per heavy atom. The van der Waals surface area contributed by atoms with Gasteiger partial charge < -0.3 is 5.32 Å². The maximum absolute atomic E-state index is 13.2. The Bertz CT molecular complexity index is 1230. The van der Waals surface area contributed by atoms with Crippen LogP contribution in [0.25, 0.3) is 17.0 Å². The number of fused-ring (bicyclic) bond motifs is 1. The molecule has 0 saturated carbocycles. The Morgan fingerprint density at radius 2 is 1.74 bits per heavy atom. The molecule has 1 saturated heterocycles. The zero-order chi connectivity index (χ0) is 19.2. The molecule has 1 aromatic heterocycles. The smallest absolute Gasteiger partial charge is 0.291 e. The number of aromatic nitrogens is 1. The molecule has 0 atom stereocenters. The quantitative estimate of drug-likeness (QED) is 0.679. The van der Waals surface area contributed by atoms with Crippen LogP contribution in [0.15, 0.2) is 65.3 Å². The number of carbonyl (C=O) groups is 2. The van der Waals surface area contributed by atoms with Crippen molar-refractivity contribution in [1.29, 1.82) is 0 Å². The minimum Gasteiger partial charge on any atom is -0.313 e. The van der Waals surface area contributed by atoms with Crippen LogP contribution in [-0.2, 0) is 14.8 Å². The van der Waals surface area contributed by atoms with Gasteiger partial charge in [0.05, 0.1) is 16.1 Å². The van der Waals surface area contributed by atoms with Gasteiger partial charge in [0.15, 0.2) is 0 Å². The number of nitrogens with one attached hydrogen (secondary N) is 1. The lowest BCUT2D eigenvalue weighted by atomic mass is 10.1. The van der Waals surface area contributed by atoms with Gasteiger partial charge in [-0.1, -0.05) is 18.2 Å². The van der Waals surface area contributed by atoms with E-state index in [0.29, 0.717) is 28.2 Å². The lowest BCUT2D eigenvalue weighted by Crippen LogP contribution is -2.12. The van der Waals surface area contributed by atoms with Gasteiger partial charge in [0.25, 0.3) is 15.3 Å². The number of hydrogen-bond acceptors (Lipinski definition) is 5. The summed E-state index contributed by atoms with van der Waals surface area (Å²) < 4.78 is 40.2. The molecule has 1 N–H and O–H groups in total. The summed E-state index contributed by atoms with van der Waals surface area (Å²) in [4.78, 5) is 23.1. The van der Waals surface area contributed by atoms with Gasteiger partial charge in [-0.05, 0) is 36.4 Å². The monoisotopic (exact) mass is 402 g/mol. The highest BCUT2D eigenvalue weighted by Gasteiger charge is 2.26. The lowest BCUT2D eigenvalue weighted by molar-refractivity contribution is -0.107. The van der Waals surface area contributed by atoms with Crippen LogP contribution in [0.1, 0.15) is 5.56 Å². The molecule has 0 aliphatic carbocycles. The van der Waals surface area contributed by atoms with Gasteiger partial charge in [-0.3, -0.25) is 9.59 Å². The van der Waals surface area contributed by atoms with Crippen LogP contribution < -0.4 is 5.32 Å². The van der Waals surface area contributed by atoms with Crippen molar-refractivity contribution in [2.24, 2.45) is 0 Å². The first-order valence-corrected chi connectivity index (χ1v) is 9.98. The number of carbonyl (C=O) groups excluding carboxylic acids is 2. The summed E-state index contributed by atoms with van der Waals surface area (Å²) in [5, 5.41) is 2.12. The van der Waals surface area contributed by atoms with Gasteiger partial charge in [-0.15, -0.1) is 0 Å². The average Bonchev–Trinajstić information content (AvgIpc) is 3.16. The number of thioether (sulfide) groups is 1. The fourth-order valence-corrected chi connectivity index (χ4v) is 4.71. The largest absolute Gasteiger partial charge is 0.313 e. The Hall–Kier alpha value is -2.91. The highest BCUT2D eigenvalue weighted by Crippen LogP contribution is 2.29. The summed E-state index contributed by atoms with van der Waals surface area (Å²) in [7, 11) is -3.98. The number of halogens is 1. The second kappa shape index (κ2) is 6.36. The molecule has 0 bridgehead atoms. The first-order chi connectivity index (χ1) is 12.9. The molecule has 136 valence electrons. The van der Waals surface area contributed by atoms with E-state index in [0.717, 1.165) is 16.1 Å². The van der Waals surface area contributed by atoms with Gasteiger partial charge in [-0.25, -0.2) is 16.8 Å². The van der Waals surface area contributed by atoms with E-state index in [1.54, 1.807) is 24.3 Å². The molecular formula is C18H11FN2O4S2. The van der Waals surface area contributed by atoms with E-state index in [9.17, 15) is 22.4 Å². The third-order valence-electron chi connectivity index (χ3n) is 4.02. The molecule has 0 spiro atoms. The summed E-state index contributed by atoms with van der Waals surface area (Å²) in [6.07, 6.45) is 2.82. The molecule has 0 radical (unpaired) electrons. The van der Waals surface area contributed by atoms with E-state index in [1.165, 1.54) is 24.4 Å². The molecule has 1 amide bonds. The highest BCUT2D eigenvalue weighted by atomic mass is 32.2. The third kappa shape index (κ3) is 3.04. The Kier molecular flexibility index (Phi) is 4.12. The number of para-hydroxylation sites is 1. The number of amides is 1. The third-order valence-corrected chi connectivity index (χ3v) is 6.40. The minimum atomic E-state index is -3.98. The molecule has 4 rings (SSSR count). The van der Waals surface area contributed by atoms with E-state index in [-0.39, 0.29) is 10.6 Å². The number of hydrogen-bond donors (Lipinski definition) is 1. The Labute approximate surface area is 157 Å².